The first-order valence-electron chi connectivity index (χ1n) is 5.20. The number of carbonyl (C=O) groups is 2. The van der Waals surface area contributed by atoms with Gasteiger partial charge in [0.1, 0.15) is 0 Å². The normalized spacial score (nSPS) is 9.94. The molecule has 0 aliphatic rings. The maximum absolute atomic E-state index is 11.5. The predicted octanol–water partition coefficient (Wildman–Crippen LogP) is 1.43. The topological polar surface area (TPSA) is 78.4 Å². The molecule has 0 saturated carbocycles. The SMILES string of the molecule is O=C(NCCCO)C(=O)Nc1c(Cl)cccc1Cl. The second-order valence-electron chi connectivity index (χ2n) is 3.38. The summed E-state index contributed by atoms with van der Waals surface area (Å²) in [6.45, 7) is 0.164. The number of anilines is 1. The van der Waals surface area contributed by atoms with Gasteiger partial charge >= 0.3 is 11.8 Å². The molecule has 1 aromatic carbocycles. The Morgan fingerprint density at radius 1 is 1.17 bits per heavy atom. The molecule has 1 rings (SSSR count). The third-order valence-corrected chi connectivity index (χ3v) is 2.66. The van der Waals surface area contributed by atoms with E-state index < -0.39 is 11.8 Å². The molecule has 0 spiro atoms. The van der Waals surface area contributed by atoms with Gasteiger partial charge in [0.05, 0.1) is 15.7 Å². The van der Waals surface area contributed by atoms with Crippen LogP contribution in [0.3, 0.4) is 0 Å². The summed E-state index contributed by atoms with van der Waals surface area (Å²) < 4.78 is 0. The van der Waals surface area contributed by atoms with Crippen LogP contribution in [0, 0.1) is 0 Å². The van der Waals surface area contributed by atoms with Crippen molar-refractivity contribution in [1.29, 1.82) is 0 Å². The summed E-state index contributed by atoms with van der Waals surface area (Å²) in [6, 6.07) is 4.72. The number of rotatable bonds is 4. The molecular formula is C11H12Cl2N2O3. The molecule has 3 N–H and O–H groups in total. The summed E-state index contributed by atoms with van der Waals surface area (Å²) in [7, 11) is 0. The van der Waals surface area contributed by atoms with E-state index in [9.17, 15) is 9.59 Å². The number of benzene rings is 1. The highest BCUT2D eigenvalue weighted by molar-refractivity contribution is 6.44. The van der Waals surface area contributed by atoms with Crippen LogP contribution >= 0.6 is 23.2 Å². The van der Waals surface area contributed by atoms with Crippen molar-refractivity contribution in [2.45, 2.75) is 6.42 Å². The number of aliphatic hydroxyl groups excluding tert-OH is 1. The van der Waals surface area contributed by atoms with Crippen molar-refractivity contribution in [2.75, 3.05) is 18.5 Å². The molecule has 5 nitrogen and oxygen atoms in total. The van der Waals surface area contributed by atoms with Crippen LogP contribution in [0.2, 0.25) is 10.0 Å². The third kappa shape index (κ3) is 4.18. The van der Waals surface area contributed by atoms with Gasteiger partial charge in [-0.05, 0) is 18.6 Å². The highest BCUT2D eigenvalue weighted by Crippen LogP contribution is 2.29. The van der Waals surface area contributed by atoms with Crippen LogP contribution < -0.4 is 10.6 Å². The number of amides is 2. The lowest BCUT2D eigenvalue weighted by atomic mass is 10.3. The molecule has 0 atom stereocenters. The van der Waals surface area contributed by atoms with E-state index in [4.69, 9.17) is 28.3 Å². The molecule has 0 bridgehead atoms. The van der Waals surface area contributed by atoms with Crippen LogP contribution in [-0.4, -0.2) is 30.1 Å². The minimum atomic E-state index is -0.858. The van der Waals surface area contributed by atoms with E-state index in [1.807, 2.05) is 0 Å². The number of hydrogen-bond acceptors (Lipinski definition) is 3. The first-order valence-corrected chi connectivity index (χ1v) is 5.96. The summed E-state index contributed by atoms with van der Waals surface area (Å²) in [5, 5.41) is 13.7. The van der Waals surface area contributed by atoms with E-state index in [1.165, 1.54) is 0 Å². The minimum absolute atomic E-state index is 0.0573. The molecule has 0 aliphatic heterocycles. The van der Waals surface area contributed by atoms with Gasteiger partial charge in [0.15, 0.2) is 0 Å². The van der Waals surface area contributed by atoms with Crippen molar-refractivity contribution in [1.82, 2.24) is 5.32 Å². The molecule has 1 aromatic rings. The van der Waals surface area contributed by atoms with E-state index in [1.54, 1.807) is 18.2 Å². The molecule has 0 radical (unpaired) electrons. The number of carbonyl (C=O) groups excluding carboxylic acids is 2. The van der Waals surface area contributed by atoms with E-state index >= 15 is 0 Å². The maximum Gasteiger partial charge on any atom is 0.313 e. The van der Waals surface area contributed by atoms with E-state index in [0.717, 1.165) is 0 Å². The molecule has 0 aliphatic carbocycles. The zero-order valence-electron chi connectivity index (χ0n) is 9.37. The third-order valence-electron chi connectivity index (χ3n) is 2.03. The monoisotopic (exact) mass is 290 g/mol. The molecule has 18 heavy (non-hydrogen) atoms. The maximum atomic E-state index is 11.5. The number of para-hydroxylation sites is 1. The fourth-order valence-corrected chi connectivity index (χ4v) is 1.64. The molecule has 0 heterocycles. The minimum Gasteiger partial charge on any atom is -0.396 e. The molecule has 0 saturated heterocycles. The highest BCUT2D eigenvalue weighted by Gasteiger charge is 2.16. The van der Waals surface area contributed by atoms with Gasteiger partial charge in [0.25, 0.3) is 0 Å². The van der Waals surface area contributed by atoms with E-state index in [2.05, 4.69) is 10.6 Å². The van der Waals surface area contributed by atoms with Crippen molar-refractivity contribution in [3.8, 4) is 0 Å². The molecule has 0 fully saturated rings. The van der Waals surface area contributed by atoms with Gasteiger partial charge in [0.2, 0.25) is 0 Å². The fourth-order valence-electron chi connectivity index (χ4n) is 1.15. The zero-order valence-corrected chi connectivity index (χ0v) is 10.9. The van der Waals surface area contributed by atoms with Gasteiger partial charge in [0, 0.05) is 13.2 Å². The van der Waals surface area contributed by atoms with Crippen LogP contribution in [0.15, 0.2) is 18.2 Å². The number of nitrogens with one attached hydrogen (secondary N) is 2. The Hall–Kier alpha value is -1.30. The first kappa shape index (κ1) is 14.8. The summed E-state index contributed by atoms with van der Waals surface area (Å²) in [5.41, 5.74) is 0.197. The lowest BCUT2D eigenvalue weighted by Crippen LogP contribution is -2.36. The summed E-state index contributed by atoms with van der Waals surface area (Å²) in [6.07, 6.45) is 0.381. The van der Waals surface area contributed by atoms with E-state index in [0.29, 0.717) is 6.42 Å². The lowest BCUT2D eigenvalue weighted by Gasteiger charge is -2.08. The summed E-state index contributed by atoms with van der Waals surface area (Å²) in [4.78, 5) is 22.9. The van der Waals surface area contributed by atoms with Crippen molar-refractivity contribution in [3.63, 3.8) is 0 Å². The molecule has 7 heteroatoms. The smallest absolute Gasteiger partial charge is 0.313 e. The van der Waals surface area contributed by atoms with Crippen LogP contribution in [0.4, 0.5) is 5.69 Å². The predicted molar refractivity (Wildman–Crippen MR) is 69.8 cm³/mol. The van der Waals surface area contributed by atoms with Gasteiger partial charge in [-0.3, -0.25) is 9.59 Å². The summed E-state index contributed by atoms with van der Waals surface area (Å²) in [5.74, 6) is -1.66. The van der Waals surface area contributed by atoms with Crippen molar-refractivity contribution in [3.05, 3.63) is 28.2 Å². The number of aliphatic hydroxyl groups is 1. The quantitative estimate of drug-likeness (QED) is 0.580. The van der Waals surface area contributed by atoms with E-state index in [-0.39, 0.29) is 28.9 Å². The Kier molecular flexibility index (Phi) is 5.91. The zero-order chi connectivity index (χ0) is 13.5. The van der Waals surface area contributed by atoms with Gasteiger partial charge in [-0.2, -0.15) is 0 Å². The van der Waals surface area contributed by atoms with Gasteiger partial charge in [-0.15, -0.1) is 0 Å². The average molecular weight is 291 g/mol. The second-order valence-corrected chi connectivity index (χ2v) is 4.20. The van der Waals surface area contributed by atoms with Gasteiger partial charge in [-0.25, -0.2) is 0 Å². The molecule has 98 valence electrons. The lowest BCUT2D eigenvalue weighted by molar-refractivity contribution is -0.136. The molecule has 0 unspecified atom stereocenters. The Morgan fingerprint density at radius 3 is 2.33 bits per heavy atom. The van der Waals surface area contributed by atoms with Gasteiger partial charge in [-0.1, -0.05) is 29.3 Å². The molecule has 2 amide bonds. The van der Waals surface area contributed by atoms with Crippen LogP contribution in [0.1, 0.15) is 6.42 Å². The standard InChI is InChI=1S/C11H12Cl2N2O3/c12-7-3-1-4-8(13)9(7)15-11(18)10(17)14-5-2-6-16/h1,3-4,16H,2,5-6H2,(H,14,17)(H,15,18). The molecule has 0 aromatic heterocycles. The van der Waals surface area contributed by atoms with Crippen molar-refractivity contribution in [2.24, 2.45) is 0 Å². The second kappa shape index (κ2) is 7.20. The first-order chi connectivity index (χ1) is 8.56. The largest absolute Gasteiger partial charge is 0.396 e. The average Bonchev–Trinajstić information content (AvgIpc) is 2.34. The Balaban J connectivity index is 2.61. The Labute approximate surface area is 114 Å². The Morgan fingerprint density at radius 2 is 1.78 bits per heavy atom. The Bertz CT molecular complexity index is 432. The van der Waals surface area contributed by atoms with Crippen molar-refractivity contribution < 1.29 is 14.7 Å². The highest BCUT2D eigenvalue weighted by atomic mass is 35.5. The molecular weight excluding hydrogens is 279 g/mol. The van der Waals surface area contributed by atoms with Gasteiger partial charge < -0.3 is 15.7 Å². The number of halogens is 2. The van der Waals surface area contributed by atoms with Crippen LogP contribution in [0.25, 0.3) is 0 Å². The van der Waals surface area contributed by atoms with Crippen LogP contribution in [-0.2, 0) is 9.59 Å². The summed E-state index contributed by atoms with van der Waals surface area (Å²) >= 11 is 11.7. The fraction of sp³-hybridized carbons (Fsp3) is 0.273. The van der Waals surface area contributed by atoms with Crippen molar-refractivity contribution >= 4 is 40.7 Å². The number of hydrogen-bond donors (Lipinski definition) is 3. The van der Waals surface area contributed by atoms with Crippen LogP contribution in [0.5, 0.6) is 0 Å².